The van der Waals surface area contributed by atoms with E-state index in [1.54, 1.807) is 12.1 Å². The molecule has 54 valence electrons. The summed E-state index contributed by atoms with van der Waals surface area (Å²) in [4.78, 5) is 10.2. The number of carboxylic acids is 1. The number of carboxylic acid groups (broad SMARTS) is 1. The topological polar surface area (TPSA) is 37.3 Å². The van der Waals surface area contributed by atoms with Gasteiger partial charge in [-0.05, 0) is 18.2 Å². The van der Waals surface area contributed by atoms with Gasteiger partial charge in [0.1, 0.15) is 0 Å². The molecule has 4 heteroatoms. The summed E-state index contributed by atoms with van der Waals surface area (Å²) < 4.78 is 0. The van der Waals surface area contributed by atoms with Crippen molar-refractivity contribution in [2.75, 3.05) is 0 Å². The van der Waals surface area contributed by atoms with Crippen molar-refractivity contribution in [3.8, 4) is 0 Å². The fourth-order valence-electron chi connectivity index (χ4n) is 0.529. The van der Waals surface area contributed by atoms with Gasteiger partial charge < -0.3 is 5.11 Å². The van der Waals surface area contributed by atoms with Crippen molar-refractivity contribution in [3.63, 3.8) is 0 Å². The van der Waals surface area contributed by atoms with E-state index in [4.69, 9.17) is 5.11 Å². The second kappa shape index (κ2) is 7.32. The molecule has 1 aromatic rings. The summed E-state index contributed by atoms with van der Waals surface area (Å²) >= 11 is 0. The van der Waals surface area contributed by atoms with Crippen LogP contribution in [0.25, 0.3) is 0 Å². The molecule has 0 saturated carbocycles. The van der Waals surface area contributed by atoms with Gasteiger partial charge in [-0.2, -0.15) is 0 Å². The molecule has 0 aliphatic rings. The maximum absolute atomic E-state index is 10.2. The molecule has 0 heterocycles. The van der Waals surface area contributed by atoms with Crippen LogP contribution in [-0.4, -0.2) is 36.9 Å². The van der Waals surface area contributed by atoms with Crippen LogP contribution in [0.4, 0.5) is 0 Å². The quantitative estimate of drug-likeness (QED) is 0.788. The first-order valence-electron chi connectivity index (χ1n) is 2.50. The maximum atomic E-state index is 10.2. The second-order valence-corrected chi connectivity index (χ2v) is 1.59. The molecule has 0 bridgehead atoms. The summed E-state index contributed by atoms with van der Waals surface area (Å²) in [7, 11) is 0. The van der Waals surface area contributed by atoms with Gasteiger partial charge >= 0.3 is 31.8 Å². The number of hydrogen-bond acceptors (Lipinski definition) is 1. The number of hydrogen-bond donors (Lipinski definition) is 1. The first-order chi connectivity index (χ1) is 4.30. The van der Waals surface area contributed by atoms with Crippen molar-refractivity contribution in [2.45, 2.75) is 0 Å². The van der Waals surface area contributed by atoms with Gasteiger partial charge in [-0.3, -0.25) is 0 Å². The smallest absolute Gasteiger partial charge is 0 e. The molecule has 0 spiro atoms. The maximum Gasteiger partial charge on any atom is 0 e. The molecule has 0 saturated heterocycles. The molecule has 2 nitrogen and oxygen atoms in total. The van der Waals surface area contributed by atoms with E-state index in [1.165, 1.54) is 12.1 Å². The fourth-order valence-corrected chi connectivity index (χ4v) is 0.529. The van der Waals surface area contributed by atoms with Crippen LogP contribution < -0.4 is 0 Å². The summed E-state index contributed by atoms with van der Waals surface area (Å²) in [5, 5.41) is 8.37. The fraction of sp³-hybridized carbons (Fsp3) is 0. The van der Waals surface area contributed by atoms with E-state index in [1.807, 2.05) is 0 Å². The molecule has 0 fully saturated rings. The molecule has 0 aromatic heterocycles. The zero-order valence-corrected chi connectivity index (χ0v) is 8.08. The Morgan fingerprint density at radius 3 is 2.09 bits per heavy atom. The predicted molar refractivity (Wildman–Crippen MR) is 42.2 cm³/mol. The normalized spacial score (nSPS) is 7.27. The van der Waals surface area contributed by atoms with Gasteiger partial charge in [0.25, 0.3) is 0 Å². The van der Waals surface area contributed by atoms with E-state index < -0.39 is 5.97 Å². The monoisotopic (exact) mass is 328 g/mol. The molecule has 0 amide bonds. The SMILES string of the molecule is O=C(O)c1cc[c]cc1.[InH3].[Y]. The van der Waals surface area contributed by atoms with E-state index in [-0.39, 0.29) is 58.6 Å². The Kier molecular flexibility index (Phi) is 9.45. The largest absolute Gasteiger partial charge is 0 e. The van der Waals surface area contributed by atoms with Crippen molar-refractivity contribution >= 4 is 31.8 Å². The molecule has 0 aliphatic heterocycles. The van der Waals surface area contributed by atoms with E-state index in [9.17, 15) is 4.79 Å². The number of rotatable bonds is 1. The molecule has 1 N–H and O–H groups in total. The van der Waals surface area contributed by atoms with Crippen LogP contribution in [0.1, 0.15) is 10.4 Å². The van der Waals surface area contributed by atoms with Crippen LogP contribution >= 0.6 is 0 Å². The molecule has 0 unspecified atom stereocenters. The zero-order valence-electron chi connectivity index (χ0n) is 5.24. The van der Waals surface area contributed by atoms with Gasteiger partial charge in [-0.25, -0.2) is 4.79 Å². The second-order valence-electron chi connectivity index (χ2n) is 1.59. The van der Waals surface area contributed by atoms with E-state index in [0.29, 0.717) is 5.56 Å². The molecular weight excluding hydrogens is 320 g/mol. The Morgan fingerprint density at radius 1 is 1.36 bits per heavy atom. The Balaban J connectivity index is 0. The standard InChI is InChI=1S/C7H5O2.In.Y.3H/c8-7(9)6-4-2-1-3-5-6;;;;;/h2-5H,(H,8,9);;;;;. The zero-order chi connectivity index (χ0) is 6.69. The van der Waals surface area contributed by atoms with E-state index in [0.717, 1.165) is 0 Å². The number of benzene rings is 1. The predicted octanol–water partition coefficient (Wildman–Crippen LogP) is -0.00141. The van der Waals surface area contributed by atoms with Crippen LogP contribution in [0.3, 0.4) is 0 Å². The Hall–Kier alpha value is 0.664. The van der Waals surface area contributed by atoms with E-state index in [2.05, 4.69) is 6.07 Å². The minimum atomic E-state index is -0.899. The molecule has 0 aliphatic carbocycles. The Bertz CT molecular complexity index is 213. The number of aromatic carboxylic acids is 1. The summed E-state index contributed by atoms with van der Waals surface area (Å²) in [6, 6.07) is 8.87. The Labute approximate surface area is 109 Å². The van der Waals surface area contributed by atoms with Crippen LogP contribution in [0.15, 0.2) is 24.3 Å². The summed E-state index contributed by atoms with van der Waals surface area (Å²) in [5.41, 5.74) is 0.300. The third-order valence-corrected chi connectivity index (χ3v) is 0.965. The first kappa shape index (κ1) is 14.2. The van der Waals surface area contributed by atoms with Crippen LogP contribution in [0.5, 0.6) is 0 Å². The molecule has 2 radical (unpaired) electrons. The van der Waals surface area contributed by atoms with Crippen LogP contribution in [-0.2, 0) is 32.7 Å². The average molecular weight is 328 g/mol. The molecule has 11 heavy (non-hydrogen) atoms. The first-order valence-corrected chi connectivity index (χ1v) is 2.50. The van der Waals surface area contributed by atoms with Crippen molar-refractivity contribution in [1.29, 1.82) is 0 Å². The van der Waals surface area contributed by atoms with Crippen LogP contribution in [0.2, 0.25) is 0 Å². The number of carbonyl (C=O) groups is 1. The van der Waals surface area contributed by atoms with Crippen molar-refractivity contribution in [1.82, 2.24) is 0 Å². The van der Waals surface area contributed by atoms with Gasteiger partial charge in [0.05, 0.1) is 5.56 Å². The van der Waals surface area contributed by atoms with Crippen molar-refractivity contribution in [3.05, 3.63) is 35.9 Å². The van der Waals surface area contributed by atoms with Gasteiger partial charge in [0.2, 0.25) is 0 Å². The Morgan fingerprint density at radius 2 is 1.82 bits per heavy atom. The summed E-state index contributed by atoms with van der Waals surface area (Å²) in [6.45, 7) is 0. The van der Waals surface area contributed by atoms with Gasteiger partial charge in [0, 0.05) is 32.7 Å². The minimum Gasteiger partial charge on any atom is 0 e. The average Bonchev–Trinajstić information content (AvgIpc) is 1.90. The third-order valence-electron chi connectivity index (χ3n) is 0.965. The van der Waals surface area contributed by atoms with Gasteiger partial charge in [0.15, 0.2) is 0 Å². The van der Waals surface area contributed by atoms with E-state index >= 15 is 0 Å². The minimum absolute atomic E-state index is 0. The summed E-state index contributed by atoms with van der Waals surface area (Å²) in [6.07, 6.45) is 0. The van der Waals surface area contributed by atoms with Crippen molar-refractivity contribution < 1.29 is 42.6 Å². The summed E-state index contributed by atoms with van der Waals surface area (Å²) in [5.74, 6) is -0.899. The molecule has 1 rings (SSSR count). The molecule has 0 atom stereocenters. The molecule has 1 aromatic carbocycles. The third kappa shape index (κ3) is 4.99. The van der Waals surface area contributed by atoms with Crippen molar-refractivity contribution in [2.24, 2.45) is 0 Å². The molecular formula is C7H8InO2Y. The van der Waals surface area contributed by atoms with Crippen LogP contribution in [0, 0.1) is 6.07 Å². The van der Waals surface area contributed by atoms with Gasteiger partial charge in [-0.15, -0.1) is 0 Å². The van der Waals surface area contributed by atoms with Gasteiger partial charge in [-0.1, -0.05) is 12.1 Å².